The molecule has 0 spiro atoms. The number of nitrogen functional groups attached to an aromatic ring is 1. The molecule has 128 valence electrons. The highest BCUT2D eigenvalue weighted by molar-refractivity contribution is 5.32. The molecule has 0 saturated heterocycles. The summed E-state index contributed by atoms with van der Waals surface area (Å²) >= 11 is 0. The Morgan fingerprint density at radius 3 is 2.17 bits per heavy atom. The molecule has 1 aromatic heterocycles. The molecule has 1 atom stereocenters. The molecule has 0 saturated carbocycles. The summed E-state index contributed by atoms with van der Waals surface area (Å²) in [4.78, 5) is 3.76. The Balaban J connectivity index is 0.000000449. The van der Waals surface area contributed by atoms with Gasteiger partial charge in [-0.25, -0.2) is 8.78 Å². The van der Waals surface area contributed by atoms with Gasteiger partial charge >= 0.3 is 0 Å². The molecule has 0 fully saturated rings. The van der Waals surface area contributed by atoms with Gasteiger partial charge in [-0.05, 0) is 42.7 Å². The molecule has 1 heterocycles. The fourth-order valence-electron chi connectivity index (χ4n) is 1.58. The van der Waals surface area contributed by atoms with Crippen LogP contribution in [0.4, 0.5) is 14.5 Å². The molecule has 6 heteroatoms. The van der Waals surface area contributed by atoms with Crippen LogP contribution in [0.3, 0.4) is 0 Å². The van der Waals surface area contributed by atoms with Gasteiger partial charge in [0.15, 0.2) is 0 Å². The van der Waals surface area contributed by atoms with Crippen LogP contribution >= 0.6 is 0 Å². The molecule has 2 rings (SSSR count). The molecular formula is C17H25F2N3O. The van der Waals surface area contributed by atoms with Gasteiger partial charge in [0, 0.05) is 25.0 Å². The monoisotopic (exact) mass is 325 g/mol. The Bertz CT molecular complexity index is 518. The summed E-state index contributed by atoms with van der Waals surface area (Å²) in [6, 6.07) is 6.93. The average molecular weight is 325 g/mol. The number of hydrogen-bond acceptors (Lipinski definition) is 4. The van der Waals surface area contributed by atoms with Crippen LogP contribution in [0, 0.1) is 11.6 Å². The quantitative estimate of drug-likeness (QED) is 0.807. The molecule has 0 aliphatic rings. The van der Waals surface area contributed by atoms with Gasteiger partial charge in [0.05, 0.1) is 11.8 Å². The van der Waals surface area contributed by atoms with Crippen LogP contribution in [0.2, 0.25) is 0 Å². The second-order valence-corrected chi connectivity index (χ2v) is 4.49. The zero-order chi connectivity index (χ0) is 17.7. The van der Waals surface area contributed by atoms with Crippen molar-refractivity contribution < 1.29 is 13.9 Å². The number of rotatable bonds is 4. The summed E-state index contributed by atoms with van der Waals surface area (Å²) in [5.74, 6) is -1.19. The normalized spacial score (nSPS) is 10.7. The summed E-state index contributed by atoms with van der Waals surface area (Å²) in [6.07, 6.45) is 3.53. The summed E-state index contributed by atoms with van der Waals surface area (Å²) in [5, 5.41) is 9.15. The van der Waals surface area contributed by atoms with Crippen molar-refractivity contribution in [2.45, 2.75) is 32.8 Å². The van der Waals surface area contributed by atoms with Crippen LogP contribution in [-0.4, -0.2) is 22.7 Å². The van der Waals surface area contributed by atoms with E-state index in [1.807, 2.05) is 13.8 Å². The van der Waals surface area contributed by atoms with Gasteiger partial charge in [0.2, 0.25) is 0 Å². The van der Waals surface area contributed by atoms with Gasteiger partial charge in [0.25, 0.3) is 0 Å². The number of pyridine rings is 1. The predicted octanol–water partition coefficient (Wildman–Crippen LogP) is 2.91. The molecule has 5 N–H and O–H groups in total. The number of aliphatic hydroxyl groups excluding tert-OH is 1. The van der Waals surface area contributed by atoms with Crippen molar-refractivity contribution >= 4 is 5.69 Å². The van der Waals surface area contributed by atoms with E-state index >= 15 is 0 Å². The minimum atomic E-state index is -0.610. The SMILES string of the molecule is CC.NC[C@@H](O)CCc1cc(F)cc(F)c1.Nc1cccnc1. The maximum atomic E-state index is 12.7. The zero-order valence-corrected chi connectivity index (χ0v) is 13.5. The van der Waals surface area contributed by atoms with Crippen molar-refractivity contribution in [3.05, 3.63) is 59.9 Å². The van der Waals surface area contributed by atoms with Crippen molar-refractivity contribution in [2.24, 2.45) is 5.73 Å². The summed E-state index contributed by atoms with van der Waals surface area (Å²) in [6.45, 7) is 4.16. The fraction of sp³-hybridized carbons (Fsp3) is 0.353. The molecule has 0 aliphatic heterocycles. The van der Waals surface area contributed by atoms with Gasteiger partial charge in [-0.2, -0.15) is 0 Å². The van der Waals surface area contributed by atoms with E-state index in [-0.39, 0.29) is 6.54 Å². The number of nitrogens with zero attached hydrogens (tertiary/aromatic N) is 1. The van der Waals surface area contributed by atoms with Crippen molar-refractivity contribution in [3.8, 4) is 0 Å². The summed E-state index contributed by atoms with van der Waals surface area (Å²) in [7, 11) is 0. The first-order valence-electron chi connectivity index (χ1n) is 7.50. The van der Waals surface area contributed by atoms with Gasteiger partial charge in [-0.3, -0.25) is 4.98 Å². The lowest BCUT2D eigenvalue weighted by atomic mass is 10.1. The third-order valence-corrected chi connectivity index (χ3v) is 2.65. The van der Waals surface area contributed by atoms with Crippen LogP contribution in [0.25, 0.3) is 0 Å². The van der Waals surface area contributed by atoms with Gasteiger partial charge in [-0.15, -0.1) is 0 Å². The number of anilines is 1. The lowest BCUT2D eigenvalue weighted by molar-refractivity contribution is 0.173. The van der Waals surface area contributed by atoms with Gasteiger partial charge < -0.3 is 16.6 Å². The van der Waals surface area contributed by atoms with Crippen molar-refractivity contribution in [3.63, 3.8) is 0 Å². The zero-order valence-electron chi connectivity index (χ0n) is 13.5. The molecule has 0 unspecified atom stereocenters. The molecular weight excluding hydrogens is 300 g/mol. The highest BCUT2D eigenvalue weighted by Gasteiger charge is 2.04. The second-order valence-electron chi connectivity index (χ2n) is 4.49. The maximum Gasteiger partial charge on any atom is 0.126 e. The molecule has 0 bridgehead atoms. The van der Waals surface area contributed by atoms with Crippen LogP contribution in [-0.2, 0) is 6.42 Å². The smallest absolute Gasteiger partial charge is 0.126 e. The Kier molecular flexibility index (Phi) is 11.4. The number of hydrogen-bond donors (Lipinski definition) is 3. The first-order chi connectivity index (χ1) is 11.0. The molecule has 1 aromatic carbocycles. The lowest BCUT2D eigenvalue weighted by Gasteiger charge is -2.07. The number of nitrogens with two attached hydrogens (primary N) is 2. The number of aliphatic hydroxyl groups is 1. The minimum absolute atomic E-state index is 0.164. The lowest BCUT2D eigenvalue weighted by Crippen LogP contribution is -2.20. The first kappa shape index (κ1) is 20.9. The molecule has 2 aromatic rings. The van der Waals surface area contributed by atoms with Crippen molar-refractivity contribution in [1.82, 2.24) is 4.98 Å². The molecule has 0 aliphatic carbocycles. The van der Waals surface area contributed by atoms with E-state index in [9.17, 15) is 8.78 Å². The summed E-state index contributed by atoms with van der Waals surface area (Å²) < 4.78 is 25.4. The van der Waals surface area contributed by atoms with E-state index in [1.165, 1.54) is 12.1 Å². The van der Waals surface area contributed by atoms with E-state index in [4.69, 9.17) is 16.6 Å². The highest BCUT2D eigenvalue weighted by atomic mass is 19.1. The number of benzene rings is 1. The van der Waals surface area contributed by atoms with Gasteiger partial charge in [0.1, 0.15) is 11.6 Å². The summed E-state index contributed by atoms with van der Waals surface area (Å²) in [5.41, 5.74) is 11.7. The Hall–Kier alpha value is -2.05. The van der Waals surface area contributed by atoms with Crippen molar-refractivity contribution in [2.75, 3.05) is 12.3 Å². The maximum absolute atomic E-state index is 12.7. The Morgan fingerprint density at radius 2 is 1.78 bits per heavy atom. The largest absolute Gasteiger partial charge is 0.397 e. The predicted molar refractivity (Wildman–Crippen MR) is 89.7 cm³/mol. The molecule has 0 radical (unpaired) electrons. The molecule has 23 heavy (non-hydrogen) atoms. The molecule has 0 amide bonds. The first-order valence-corrected chi connectivity index (χ1v) is 7.50. The highest BCUT2D eigenvalue weighted by Crippen LogP contribution is 2.10. The average Bonchev–Trinajstić information content (AvgIpc) is 2.55. The molecule has 4 nitrogen and oxygen atoms in total. The van der Waals surface area contributed by atoms with E-state index in [0.717, 1.165) is 6.07 Å². The third-order valence-electron chi connectivity index (χ3n) is 2.65. The Morgan fingerprint density at radius 1 is 1.17 bits per heavy atom. The van der Waals surface area contributed by atoms with E-state index in [0.29, 0.717) is 24.1 Å². The van der Waals surface area contributed by atoms with Gasteiger partial charge in [-0.1, -0.05) is 13.8 Å². The standard InChI is InChI=1S/C10H13F2NO.C5H6N2.C2H6/c11-8-3-7(4-9(12)5-8)1-2-10(14)6-13;6-5-2-1-3-7-4-5;1-2/h3-5,10,14H,1-2,6,13H2;1-4H,6H2;1-2H3/t10-;;/m0../s1. The van der Waals surface area contributed by atoms with Crippen LogP contribution in [0.15, 0.2) is 42.7 Å². The number of aryl methyl sites for hydroxylation is 1. The fourth-order valence-corrected chi connectivity index (χ4v) is 1.58. The number of halogens is 2. The Labute approximate surface area is 136 Å². The van der Waals surface area contributed by atoms with Crippen LogP contribution in [0.1, 0.15) is 25.8 Å². The van der Waals surface area contributed by atoms with E-state index in [2.05, 4.69) is 4.98 Å². The topological polar surface area (TPSA) is 85.2 Å². The third kappa shape index (κ3) is 10.3. The second kappa shape index (κ2) is 12.5. The minimum Gasteiger partial charge on any atom is -0.397 e. The van der Waals surface area contributed by atoms with Crippen molar-refractivity contribution in [1.29, 1.82) is 0 Å². The number of aromatic nitrogens is 1. The van der Waals surface area contributed by atoms with Crippen LogP contribution in [0.5, 0.6) is 0 Å². The van der Waals surface area contributed by atoms with E-state index in [1.54, 1.807) is 24.5 Å². The van der Waals surface area contributed by atoms with E-state index < -0.39 is 17.7 Å². The van der Waals surface area contributed by atoms with Crippen LogP contribution < -0.4 is 11.5 Å².